The summed E-state index contributed by atoms with van der Waals surface area (Å²) in [5.41, 5.74) is 2.16. The van der Waals surface area contributed by atoms with Gasteiger partial charge >= 0.3 is 5.97 Å². The Kier molecular flexibility index (Phi) is 6.29. The number of benzene rings is 2. The van der Waals surface area contributed by atoms with Crippen molar-refractivity contribution < 1.29 is 28.8 Å². The summed E-state index contributed by atoms with van der Waals surface area (Å²) in [4.78, 5) is 11.3. The van der Waals surface area contributed by atoms with E-state index in [-0.39, 0.29) is 30.3 Å². The van der Waals surface area contributed by atoms with Crippen molar-refractivity contribution >= 4 is 5.97 Å². The van der Waals surface area contributed by atoms with Crippen molar-refractivity contribution in [1.29, 1.82) is 0 Å². The second-order valence-corrected chi connectivity index (χ2v) is 7.14. The minimum atomic E-state index is -0.288. The molecule has 1 aliphatic heterocycles. The first-order valence-corrected chi connectivity index (χ1v) is 9.34. The predicted octanol–water partition coefficient (Wildman–Crippen LogP) is 3.73. The van der Waals surface area contributed by atoms with Crippen molar-refractivity contribution in [2.45, 2.75) is 26.7 Å². The summed E-state index contributed by atoms with van der Waals surface area (Å²) in [6.07, 6.45) is 1.52. The number of aromatic hydroxyl groups is 1. The van der Waals surface area contributed by atoms with E-state index in [0.29, 0.717) is 18.8 Å². The van der Waals surface area contributed by atoms with Crippen LogP contribution < -0.4 is 14.2 Å². The second kappa shape index (κ2) is 8.87. The van der Waals surface area contributed by atoms with Gasteiger partial charge in [0.1, 0.15) is 0 Å². The van der Waals surface area contributed by atoms with Gasteiger partial charge in [0, 0.05) is 12.8 Å². The van der Waals surface area contributed by atoms with E-state index in [1.54, 1.807) is 6.07 Å². The monoisotopic (exact) mass is 386 g/mol. The van der Waals surface area contributed by atoms with Crippen molar-refractivity contribution in [1.82, 2.24) is 0 Å². The Morgan fingerprint density at radius 1 is 1.11 bits per heavy atom. The fourth-order valence-electron chi connectivity index (χ4n) is 3.41. The highest BCUT2D eigenvalue weighted by Gasteiger charge is 2.22. The molecule has 0 aliphatic carbocycles. The molecule has 2 aromatic rings. The van der Waals surface area contributed by atoms with Gasteiger partial charge in [0.25, 0.3) is 0 Å². The number of rotatable bonds is 8. The van der Waals surface area contributed by atoms with Crippen molar-refractivity contribution in [3.05, 3.63) is 47.5 Å². The van der Waals surface area contributed by atoms with Gasteiger partial charge < -0.3 is 24.1 Å². The van der Waals surface area contributed by atoms with Crippen LogP contribution in [-0.2, 0) is 22.4 Å². The first-order chi connectivity index (χ1) is 13.5. The van der Waals surface area contributed by atoms with E-state index < -0.39 is 0 Å². The fraction of sp³-hybridized carbons (Fsp3) is 0.409. The standard InChI is InChI=1S/C22H26O6/c1-14(8-16-5-7-20-22(11-16)28-13-27-20)18(12-26-15(2)23)9-17-4-6-19(24)21(10-17)25-3/h4-7,10-11,14,18,24H,8-9,12-13H2,1-3H3/t14-,18-/m0/s1. The molecule has 2 atom stereocenters. The molecule has 0 fully saturated rings. The zero-order valence-electron chi connectivity index (χ0n) is 16.4. The average Bonchev–Trinajstić information content (AvgIpc) is 3.13. The summed E-state index contributed by atoms with van der Waals surface area (Å²) >= 11 is 0. The molecule has 2 aromatic carbocycles. The molecule has 0 radical (unpaired) electrons. The van der Waals surface area contributed by atoms with Crippen LogP contribution in [0.2, 0.25) is 0 Å². The third-order valence-corrected chi connectivity index (χ3v) is 5.04. The third-order valence-electron chi connectivity index (χ3n) is 5.04. The summed E-state index contributed by atoms with van der Waals surface area (Å²) < 4.78 is 21.4. The van der Waals surface area contributed by atoms with Gasteiger partial charge in [0.2, 0.25) is 6.79 Å². The maximum atomic E-state index is 11.3. The minimum absolute atomic E-state index is 0.108. The number of carbonyl (C=O) groups is 1. The van der Waals surface area contributed by atoms with Crippen LogP contribution in [0.15, 0.2) is 36.4 Å². The number of ether oxygens (including phenoxy) is 4. The topological polar surface area (TPSA) is 74.2 Å². The number of phenols is 1. The maximum Gasteiger partial charge on any atom is 0.302 e. The highest BCUT2D eigenvalue weighted by atomic mass is 16.7. The molecule has 0 saturated heterocycles. The molecule has 1 N–H and O–H groups in total. The predicted molar refractivity (Wildman–Crippen MR) is 104 cm³/mol. The van der Waals surface area contributed by atoms with E-state index in [2.05, 4.69) is 6.92 Å². The number of hydrogen-bond donors (Lipinski definition) is 1. The van der Waals surface area contributed by atoms with Gasteiger partial charge in [-0.25, -0.2) is 0 Å². The minimum Gasteiger partial charge on any atom is -0.504 e. The van der Waals surface area contributed by atoms with Crippen molar-refractivity contribution in [3.63, 3.8) is 0 Å². The van der Waals surface area contributed by atoms with Crippen LogP contribution in [0.25, 0.3) is 0 Å². The quantitative estimate of drug-likeness (QED) is 0.697. The normalized spacial score (nSPS) is 14.4. The summed E-state index contributed by atoms with van der Waals surface area (Å²) in [7, 11) is 1.53. The summed E-state index contributed by atoms with van der Waals surface area (Å²) in [5, 5.41) is 9.81. The molecule has 1 aliphatic rings. The van der Waals surface area contributed by atoms with E-state index in [1.165, 1.54) is 14.0 Å². The number of hydrogen-bond acceptors (Lipinski definition) is 6. The molecule has 1 heterocycles. The van der Waals surface area contributed by atoms with Gasteiger partial charge in [-0.3, -0.25) is 4.79 Å². The van der Waals surface area contributed by atoms with Crippen LogP contribution in [0.3, 0.4) is 0 Å². The highest BCUT2D eigenvalue weighted by Crippen LogP contribution is 2.34. The zero-order valence-corrected chi connectivity index (χ0v) is 16.4. The molecule has 28 heavy (non-hydrogen) atoms. The van der Waals surface area contributed by atoms with Crippen molar-refractivity contribution in [2.75, 3.05) is 20.5 Å². The lowest BCUT2D eigenvalue weighted by atomic mass is 9.84. The second-order valence-electron chi connectivity index (χ2n) is 7.14. The SMILES string of the molecule is COc1cc(C[C@@H](COC(C)=O)[C@@H](C)Cc2ccc3c(c2)OCO3)ccc1O. The number of fused-ring (bicyclic) bond motifs is 1. The van der Waals surface area contributed by atoms with Gasteiger partial charge in [-0.15, -0.1) is 0 Å². The molecular formula is C22H26O6. The molecule has 6 nitrogen and oxygen atoms in total. The zero-order chi connectivity index (χ0) is 20.1. The molecule has 0 amide bonds. The van der Waals surface area contributed by atoms with Gasteiger partial charge in [-0.2, -0.15) is 0 Å². The van der Waals surface area contributed by atoms with Crippen LogP contribution in [0.4, 0.5) is 0 Å². The fourth-order valence-corrected chi connectivity index (χ4v) is 3.41. The lowest BCUT2D eigenvalue weighted by molar-refractivity contribution is -0.142. The van der Waals surface area contributed by atoms with Crippen LogP contribution in [-0.4, -0.2) is 31.6 Å². The molecular weight excluding hydrogens is 360 g/mol. The molecule has 0 unspecified atom stereocenters. The largest absolute Gasteiger partial charge is 0.504 e. The van der Waals surface area contributed by atoms with Crippen molar-refractivity contribution in [2.24, 2.45) is 11.8 Å². The third kappa shape index (κ3) is 4.88. The Labute approximate surface area is 165 Å². The molecule has 0 spiro atoms. The van der Waals surface area contributed by atoms with Crippen LogP contribution in [0.1, 0.15) is 25.0 Å². The first kappa shape index (κ1) is 19.9. The van der Waals surface area contributed by atoms with Crippen LogP contribution >= 0.6 is 0 Å². The molecule has 0 bridgehead atoms. The Balaban J connectivity index is 1.73. The average molecular weight is 386 g/mol. The van der Waals surface area contributed by atoms with E-state index in [9.17, 15) is 9.90 Å². The maximum absolute atomic E-state index is 11.3. The lowest BCUT2D eigenvalue weighted by Crippen LogP contribution is -2.23. The summed E-state index contributed by atoms with van der Waals surface area (Å²) in [6.45, 7) is 4.16. The van der Waals surface area contributed by atoms with E-state index in [4.69, 9.17) is 18.9 Å². The van der Waals surface area contributed by atoms with E-state index in [1.807, 2.05) is 30.3 Å². The molecule has 0 saturated carbocycles. The molecule has 150 valence electrons. The van der Waals surface area contributed by atoms with Gasteiger partial charge in [0.15, 0.2) is 23.0 Å². The van der Waals surface area contributed by atoms with Crippen LogP contribution in [0.5, 0.6) is 23.0 Å². The number of phenolic OH excluding ortho intramolecular Hbond substituents is 1. The molecule has 0 aromatic heterocycles. The van der Waals surface area contributed by atoms with E-state index in [0.717, 1.165) is 29.0 Å². The Morgan fingerprint density at radius 2 is 1.82 bits per heavy atom. The highest BCUT2D eigenvalue weighted by molar-refractivity contribution is 5.65. The van der Waals surface area contributed by atoms with Gasteiger partial charge in [0.05, 0.1) is 13.7 Å². The summed E-state index contributed by atoms with van der Waals surface area (Å²) in [5.74, 6) is 2.16. The number of methoxy groups -OCH3 is 1. The van der Waals surface area contributed by atoms with Crippen LogP contribution in [0, 0.1) is 11.8 Å². The summed E-state index contributed by atoms with van der Waals surface area (Å²) in [6, 6.07) is 11.3. The van der Waals surface area contributed by atoms with Crippen molar-refractivity contribution in [3.8, 4) is 23.0 Å². The van der Waals surface area contributed by atoms with E-state index >= 15 is 0 Å². The molecule has 6 heteroatoms. The lowest BCUT2D eigenvalue weighted by Gasteiger charge is -2.24. The molecule has 3 rings (SSSR count). The smallest absolute Gasteiger partial charge is 0.302 e. The van der Waals surface area contributed by atoms with Gasteiger partial charge in [-0.05, 0) is 54.2 Å². The van der Waals surface area contributed by atoms with Gasteiger partial charge in [-0.1, -0.05) is 19.1 Å². The first-order valence-electron chi connectivity index (χ1n) is 9.34. The number of carbonyl (C=O) groups excluding carboxylic acids is 1. The Morgan fingerprint density at radius 3 is 2.57 bits per heavy atom. The Hall–Kier alpha value is -2.89. The number of esters is 1. The Bertz CT molecular complexity index is 832.